The van der Waals surface area contributed by atoms with E-state index >= 15 is 0 Å². The zero-order chi connectivity index (χ0) is 14.0. The number of carboxylic acid groups (broad SMARTS) is 1. The molecule has 5 unspecified atom stereocenters. The lowest BCUT2D eigenvalue weighted by Crippen LogP contribution is -2.46. The van der Waals surface area contributed by atoms with Gasteiger partial charge in [0.05, 0.1) is 11.8 Å². The molecule has 2 saturated carbocycles. The summed E-state index contributed by atoms with van der Waals surface area (Å²) in [6, 6.07) is 0.235. The molecule has 5 atom stereocenters. The van der Waals surface area contributed by atoms with Crippen LogP contribution in [0, 0.1) is 23.7 Å². The third kappa shape index (κ3) is 3.28. The van der Waals surface area contributed by atoms with Crippen LogP contribution in [0.15, 0.2) is 0 Å². The average molecular weight is 267 g/mol. The summed E-state index contributed by atoms with van der Waals surface area (Å²) in [6.45, 7) is 4.44. The summed E-state index contributed by atoms with van der Waals surface area (Å²) < 4.78 is 0. The summed E-state index contributed by atoms with van der Waals surface area (Å²) in [7, 11) is 0. The predicted octanol–water partition coefficient (Wildman–Crippen LogP) is 2.43. The first-order valence-corrected chi connectivity index (χ1v) is 7.52. The van der Waals surface area contributed by atoms with Crippen molar-refractivity contribution in [1.29, 1.82) is 0 Å². The zero-order valence-electron chi connectivity index (χ0n) is 11.9. The van der Waals surface area contributed by atoms with Crippen molar-refractivity contribution < 1.29 is 14.7 Å². The van der Waals surface area contributed by atoms with Gasteiger partial charge in [-0.15, -0.1) is 0 Å². The van der Waals surface area contributed by atoms with Crippen LogP contribution >= 0.6 is 0 Å². The normalized spacial score (nSPS) is 38.9. The van der Waals surface area contributed by atoms with Crippen molar-refractivity contribution in [2.75, 3.05) is 0 Å². The average Bonchev–Trinajstić information content (AvgIpc) is 2.82. The highest BCUT2D eigenvalue weighted by Gasteiger charge is 2.39. The molecule has 0 radical (unpaired) electrons. The Hall–Kier alpha value is -1.06. The van der Waals surface area contributed by atoms with Crippen molar-refractivity contribution in [3.8, 4) is 0 Å². The van der Waals surface area contributed by atoms with Gasteiger partial charge in [-0.25, -0.2) is 0 Å². The van der Waals surface area contributed by atoms with Gasteiger partial charge in [-0.2, -0.15) is 0 Å². The molecule has 0 aliphatic heterocycles. The van der Waals surface area contributed by atoms with Crippen LogP contribution < -0.4 is 5.32 Å². The van der Waals surface area contributed by atoms with Gasteiger partial charge in [0, 0.05) is 6.04 Å². The summed E-state index contributed by atoms with van der Waals surface area (Å²) >= 11 is 0. The number of nitrogens with one attached hydrogen (secondary N) is 1. The molecule has 1 amide bonds. The third-order valence-electron chi connectivity index (χ3n) is 4.93. The maximum absolute atomic E-state index is 12.3. The van der Waals surface area contributed by atoms with Gasteiger partial charge in [-0.1, -0.05) is 20.3 Å². The Kier molecular flexibility index (Phi) is 4.48. The minimum absolute atomic E-state index is 0.0312. The molecule has 4 nitrogen and oxygen atoms in total. The van der Waals surface area contributed by atoms with Crippen LogP contribution in [0.4, 0.5) is 0 Å². The fraction of sp³-hybridized carbons (Fsp3) is 0.867. The lowest BCUT2D eigenvalue weighted by atomic mass is 9.79. The molecule has 2 fully saturated rings. The first-order chi connectivity index (χ1) is 8.99. The Morgan fingerprint density at radius 3 is 2.37 bits per heavy atom. The Bertz CT molecular complexity index is 355. The maximum Gasteiger partial charge on any atom is 0.307 e. The van der Waals surface area contributed by atoms with Gasteiger partial charge in [0.2, 0.25) is 5.91 Å². The molecule has 2 aliphatic carbocycles. The molecule has 0 heterocycles. The summed E-state index contributed by atoms with van der Waals surface area (Å²) in [5.74, 6) is -0.403. The highest BCUT2D eigenvalue weighted by Crippen LogP contribution is 2.33. The molecular formula is C15H25NO3. The molecule has 0 aromatic rings. The van der Waals surface area contributed by atoms with Crippen LogP contribution in [0.1, 0.15) is 52.4 Å². The van der Waals surface area contributed by atoms with Gasteiger partial charge < -0.3 is 10.4 Å². The van der Waals surface area contributed by atoms with E-state index < -0.39 is 11.9 Å². The van der Waals surface area contributed by atoms with Crippen molar-refractivity contribution in [3.63, 3.8) is 0 Å². The van der Waals surface area contributed by atoms with E-state index in [2.05, 4.69) is 19.2 Å². The molecule has 2 rings (SSSR count). The first-order valence-electron chi connectivity index (χ1n) is 7.52. The van der Waals surface area contributed by atoms with E-state index in [4.69, 9.17) is 5.11 Å². The van der Waals surface area contributed by atoms with Crippen molar-refractivity contribution in [3.05, 3.63) is 0 Å². The van der Waals surface area contributed by atoms with Gasteiger partial charge in [-0.05, 0) is 43.9 Å². The number of hydrogen-bond acceptors (Lipinski definition) is 2. The molecule has 2 aliphatic rings. The van der Waals surface area contributed by atoms with Crippen molar-refractivity contribution in [1.82, 2.24) is 5.32 Å². The molecule has 0 aromatic heterocycles. The Labute approximate surface area is 115 Å². The molecular weight excluding hydrogens is 242 g/mol. The molecule has 0 spiro atoms. The smallest absolute Gasteiger partial charge is 0.307 e. The number of rotatable bonds is 3. The number of carboxylic acids is 1. The molecule has 0 saturated heterocycles. The summed E-state index contributed by atoms with van der Waals surface area (Å²) in [5, 5.41) is 12.3. The maximum atomic E-state index is 12.3. The van der Waals surface area contributed by atoms with Crippen LogP contribution in [-0.2, 0) is 9.59 Å². The Morgan fingerprint density at radius 1 is 1.05 bits per heavy atom. The SMILES string of the molecule is CC1CCC(NC(=O)C2CCCC2C(=O)O)C(C)C1. The minimum Gasteiger partial charge on any atom is -0.481 e. The molecule has 2 N–H and O–H groups in total. The lowest BCUT2D eigenvalue weighted by molar-refractivity contribution is -0.146. The summed E-state index contributed by atoms with van der Waals surface area (Å²) in [4.78, 5) is 23.4. The minimum atomic E-state index is -0.817. The van der Waals surface area contributed by atoms with Crippen LogP contribution in [0.5, 0.6) is 0 Å². The number of amides is 1. The Morgan fingerprint density at radius 2 is 1.74 bits per heavy atom. The number of hydrogen-bond donors (Lipinski definition) is 2. The quantitative estimate of drug-likeness (QED) is 0.825. The van der Waals surface area contributed by atoms with E-state index in [0.717, 1.165) is 38.0 Å². The third-order valence-corrected chi connectivity index (χ3v) is 4.93. The second-order valence-electron chi connectivity index (χ2n) is 6.49. The molecule has 108 valence electrons. The monoisotopic (exact) mass is 267 g/mol. The van der Waals surface area contributed by atoms with E-state index in [0.29, 0.717) is 12.3 Å². The van der Waals surface area contributed by atoms with Crippen molar-refractivity contribution >= 4 is 11.9 Å². The summed E-state index contributed by atoms with van der Waals surface area (Å²) in [5.41, 5.74) is 0. The van der Waals surface area contributed by atoms with Crippen molar-refractivity contribution in [2.45, 2.75) is 58.4 Å². The number of carbonyl (C=O) groups excluding carboxylic acids is 1. The van der Waals surface area contributed by atoms with Crippen LogP contribution in [0.25, 0.3) is 0 Å². The van der Waals surface area contributed by atoms with Crippen LogP contribution in [0.3, 0.4) is 0 Å². The molecule has 0 aromatic carbocycles. The standard InChI is InChI=1S/C15H25NO3/c1-9-6-7-13(10(2)8-9)16-14(17)11-4-3-5-12(11)15(18)19/h9-13H,3-8H2,1-2H3,(H,16,17)(H,18,19). The van der Waals surface area contributed by atoms with E-state index in [1.165, 1.54) is 0 Å². The topological polar surface area (TPSA) is 66.4 Å². The van der Waals surface area contributed by atoms with E-state index in [9.17, 15) is 9.59 Å². The fourth-order valence-corrected chi connectivity index (χ4v) is 3.74. The second kappa shape index (κ2) is 5.93. The van der Waals surface area contributed by atoms with Gasteiger partial charge in [0.15, 0.2) is 0 Å². The van der Waals surface area contributed by atoms with E-state index in [-0.39, 0.29) is 17.9 Å². The predicted molar refractivity (Wildman–Crippen MR) is 72.6 cm³/mol. The first kappa shape index (κ1) is 14.4. The highest BCUT2D eigenvalue weighted by molar-refractivity contribution is 5.85. The Balaban J connectivity index is 1.92. The van der Waals surface area contributed by atoms with Gasteiger partial charge in [0.25, 0.3) is 0 Å². The zero-order valence-corrected chi connectivity index (χ0v) is 11.9. The summed E-state index contributed by atoms with van der Waals surface area (Å²) in [6.07, 6.45) is 5.55. The largest absolute Gasteiger partial charge is 0.481 e. The number of carbonyl (C=O) groups is 2. The van der Waals surface area contributed by atoms with Crippen LogP contribution in [-0.4, -0.2) is 23.0 Å². The second-order valence-corrected chi connectivity index (χ2v) is 6.49. The van der Waals surface area contributed by atoms with Gasteiger partial charge in [-0.3, -0.25) is 9.59 Å². The van der Waals surface area contributed by atoms with E-state index in [1.54, 1.807) is 0 Å². The lowest BCUT2D eigenvalue weighted by Gasteiger charge is -2.34. The van der Waals surface area contributed by atoms with E-state index in [1.807, 2.05) is 0 Å². The van der Waals surface area contributed by atoms with Crippen LogP contribution in [0.2, 0.25) is 0 Å². The highest BCUT2D eigenvalue weighted by atomic mass is 16.4. The van der Waals surface area contributed by atoms with Gasteiger partial charge >= 0.3 is 5.97 Å². The van der Waals surface area contributed by atoms with Gasteiger partial charge in [0.1, 0.15) is 0 Å². The molecule has 19 heavy (non-hydrogen) atoms. The molecule has 4 heteroatoms. The number of aliphatic carboxylic acids is 1. The van der Waals surface area contributed by atoms with Crippen molar-refractivity contribution in [2.24, 2.45) is 23.7 Å². The molecule has 0 bridgehead atoms. The fourth-order valence-electron chi connectivity index (χ4n) is 3.74.